The Hall–Kier alpha value is -4.18. The molecule has 2 aromatic carbocycles. The van der Waals surface area contributed by atoms with E-state index in [2.05, 4.69) is 15.0 Å². The van der Waals surface area contributed by atoms with Crippen molar-refractivity contribution in [3.63, 3.8) is 0 Å². The maximum atomic E-state index is 13.0. The maximum absolute atomic E-state index is 13.0. The van der Waals surface area contributed by atoms with E-state index in [1.165, 1.54) is 28.9 Å². The number of nitrogens with one attached hydrogen (secondary N) is 2. The molecule has 10 heteroatoms. The van der Waals surface area contributed by atoms with Crippen molar-refractivity contribution in [2.24, 2.45) is 7.05 Å². The van der Waals surface area contributed by atoms with Gasteiger partial charge in [-0.3, -0.25) is 19.0 Å². The Morgan fingerprint density at radius 3 is 2.29 bits per heavy atom. The molecule has 174 valence electrons. The second-order valence-corrected chi connectivity index (χ2v) is 9.42. The Morgan fingerprint density at radius 2 is 1.65 bits per heavy atom. The summed E-state index contributed by atoms with van der Waals surface area (Å²) in [6.45, 7) is 3.54. The molecule has 2 heterocycles. The van der Waals surface area contributed by atoms with E-state index >= 15 is 0 Å². The molecular weight excluding hydrogens is 454 g/mol. The topological polar surface area (TPSA) is 115 Å². The van der Waals surface area contributed by atoms with Crippen LogP contribution in [-0.2, 0) is 17.1 Å². The number of carbonyl (C=O) groups excluding carboxylic acids is 1. The number of nitrogens with zero attached hydrogens (tertiary/aromatic N) is 3. The molecule has 0 aliphatic heterocycles. The van der Waals surface area contributed by atoms with Crippen LogP contribution in [0.5, 0.6) is 0 Å². The fourth-order valence-corrected chi connectivity index (χ4v) is 4.57. The van der Waals surface area contributed by atoms with Gasteiger partial charge in [-0.15, -0.1) is 0 Å². The number of anilines is 2. The van der Waals surface area contributed by atoms with Gasteiger partial charge in [0.2, 0.25) is 0 Å². The van der Waals surface area contributed by atoms with Crippen molar-refractivity contribution in [2.75, 3.05) is 10.0 Å². The molecule has 0 saturated carbocycles. The Kier molecular flexibility index (Phi) is 6.08. The zero-order chi connectivity index (χ0) is 24.5. The highest BCUT2D eigenvalue weighted by atomic mass is 32.2. The van der Waals surface area contributed by atoms with Crippen LogP contribution >= 0.6 is 0 Å². The Morgan fingerprint density at radius 1 is 0.971 bits per heavy atom. The van der Waals surface area contributed by atoms with Gasteiger partial charge in [0, 0.05) is 18.8 Å². The van der Waals surface area contributed by atoms with Crippen molar-refractivity contribution < 1.29 is 13.2 Å². The summed E-state index contributed by atoms with van der Waals surface area (Å²) in [6, 6.07) is 17.9. The van der Waals surface area contributed by atoms with Gasteiger partial charge in [-0.25, -0.2) is 18.1 Å². The van der Waals surface area contributed by atoms with Crippen LogP contribution < -0.4 is 15.6 Å². The van der Waals surface area contributed by atoms with Crippen LogP contribution in [0.3, 0.4) is 0 Å². The number of hydrogen-bond acceptors (Lipinski definition) is 5. The molecular formula is C24H23N5O4S. The smallest absolute Gasteiger partial charge is 0.296 e. The van der Waals surface area contributed by atoms with Gasteiger partial charge in [0.15, 0.2) is 0 Å². The Balaban J connectivity index is 1.58. The number of pyridine rings is 1. The van der Waals surface area contributed by atoms with Gasteiger partial charge in [-0.2, -0.15) is 0 Å². The second kappa shape index (κ2) is 8.99. The first kappa shape index (κ1) is 23.0. The molecule has 34 heavy (non-hydrogen) atoms. The third kappa shape index (κ3) is 4.48. The minimum Gasteiger partial charge on any atom is -0.307 e. The molecule has 0 unspecified atom stereocenters. The molecule has 0 radical (unpaired) electrons. The average molecular weight is 478 g/mol. The van der Waals surface area contributed by atoms with E-state index in [1.54, 1.807) is 55.2 Å². The lowest BCUT2D eigenvalue weighted by atomic mass is 10.2. The van der Waals surface area contributed by atoms with Crippen LogP contribution in [0.15, 0.2) is 82.6 Å². The first-order valence-electron chi connectivity index (χ1n) is 10.4. The summed E-state index contributed by atoms with van der Waals surface area (Å²) in [6.07, 6.45) is 1.59. The van der Waals surface area contributed by atoms with Crippen molar-refractivity contribution in [1.29, 1.82) is 0 Å². The lowest BCUT2D eigenvalue weighted by Crippen LogP contribution is -2.23. The monoisotopic (exact) mass is 477 g/mol. The first-order valence-corrected chi connectivity index (χ1v) is 11.9. The minimum absolute atomic E-state index is 0.0429. The van der Waals surface area contributed by atoms with Gasteiger partial charge in [-0.05, 0) is 67.9 Å². The van der Waals surface area contributed by atoms with Crippen LogP contribution in [0.1, 0.15) is 21.6 Å². The lowest BCUT2D eigenvalue weighted by Gasteiger charge is -2.09. The lowest BCUT2D eigenvalue weighted by molar-refractivity contribution is 0.102. The molecule has 0 aliphatic rings. The highest BCUT2D eigenvalue weighted by Gasteiger charge is 2.22. The maximum Gasteiger partial charge on any atom is 0.296 e. The molecule has 1 amide bonds. The molecule has 0 atom stereocenters. The summed E-state index contributed by atoms with van der Waals surface area (Å²) in [5.74, 6) is -0.0164. The number of sulfonamides is 1. The Bertz CT molecular complexity index is 1520. The van der Waals surface area contributed by atoms with Gasteiger partial charge < -0.3 is 5.32 Å². The standard InChI is InChI=1S/C24H23N5O4S/c1-16-13-14-25-21(15-16)26-23(30)18-9-11-20(12-10-18)34(32,33)27-22-17(2)28(3)29(24(22)31)19-7-5-4-6-8-19/h4-15,27H,1-3H3,(H,25,26,30). The first-order chi connectivity index (χ1) is 16.2. The molecule has 4 aromatic rings. The SMILES string of the molecule is Cc1ccnc(NC(=O)c2ccc(S(=O)(=O)Nc3c(C)n(C)n(-c4ccccc4)c3=O)cc2)c1. The van der Waals surface area contributed by atoms with E-state index in [4.69, 9.17) is 0 Å². The van der Waals surface area contributed by atoms with Crippen molar-refractivity contribution >= 4 is 27.4 Å². The number of carbonyl (C=O) groups is 1. The van der Waals surface area contributed by atoms with Gasteiger partial charge in [0.05, 0.1) is 16.3 Å². The molecule has 2 aromatic heterocycles. The molecule has 0 bridgehead atoms. The quantitative estimate of drug-likeness (QED) is 0.442. The van der Waals surface area contributed by atoms with Crippen molar-refractivity contribution in [3.8, 4) is 5.69 Å². The van der Waals surface area contributed by atoms with Crippen LogP contribution in [0.25, 0.3) is 5.69 Å². The van der Waals surface area contributed by atoms with Crippen molar-refractivity contribution in [1.82, 2.24) is 14.3 Å². The molecule has 4 rings (SSSR count). The average Bonchev–Trinajstić information content (AvgIpc) is 3.02. The summed E-state index contributed by atoms with van der Waals surface area (Å²) in [5, 5.41) is 2.67. The number of amides is 1. The van der Waals surface area contributed by atoms with Crippen molar-refractivity contribution in [2.45, 2.75) is 18.7 Å². The van der Waals surface area contributed by atoms with Crippen molar-refractivity contribution in [3.05, 3.63) is 100 Å². The molecule has 2 N–H and O–H groups in total. The Labute approximate surface area is 196 Å². The third-order valence-corrected chi connectivity index (χ3v) is 6.74. The second-order valence-electron chi connectivity index (χ2n) is 7.74. The summed E-state index contributed by atoms with van der Waals surface area (Å²) in [5.41, 5.74) is 1.75. The van der Waals surface area contributed by atoms with Gasteiger partial charge >= 0.3 is 0 Å². The zero-order valence-corrected chi connectivity index (χ0v) is 19.6. The van der Waals surface area contributed by atoms with E-state index in [1.807, 2.05) is 19.1 Å². The van der Waals surface area contributed by atoms with Crippen LogP contribution in [-0.4, -0.2) is 28.7 Å². The van der Waals surface area contributed by atoms with E-state index in [9.17, 15) is 18.0 Å². The van der Waals surface area contributed by atoms with Gasteiger partial charge in [-0.1, -0.05) is 18.2 Å². The van der Waals surface area contributed by atoms with Crippen LogP contribution in [0, 0.1) is 13.8 Å². The van der Waals surface area contributed by atoms with Crippen LogP contribution in [0.2, 0.25) is 0 Å². The van der Waals surface area contributed by atoms with E-state index in [0.29, 0.717) is 17.2 Å². The summed E-state index contributed by atoms with van der Waals surface area (Å²) >= 11 is 0. The van der Waals surface area contributed by atoms with Gasteiger partial charge in [0.25, 0.3) is 21.5 Å². The summed E-state index contributed by atoms with van der Waals surface area (Å²) < 4.78 is 31.4. The van der Waals surface area contributed by atoms with Gasteiger partial charge in [0.1, 0.15) is 11.5 Å². The van der Waals surface area contributed by atoms with E-state index < -0.39 is 21.5 Å². The predicted molar refractivity (Wildman–Crippen MR) is 130 cm³/mol. The minimum atomic E-state index is -4.07. The fraction of sp³-hybridized carbons (Fsp3) is 0.125. The largest absolute Gasteiger partial charge is 0.307 e. The normalized spacial score (nSPS) is 11.3. The molecule has 9 nitrogen and oxygen atoms in total. The predicted octanol–water partition coefficient (Wildman–Crippen LogP) is 3.24. The highest BCUT2D eigenvalue weighted by Crippen LogP contribution is 2.19. The number of hydrogen-bond donors (Lipinski definition) is 2. The third-order valence-electron chi connectivity index (χ3n) is 5.37. The van der Waals surface area contributed by atoms with Crippen LogP contribution in [0.4, 0.5) is 11.5 Å². The number of aryl methyl sites for hydroxylation is 1. The number of benzene rings is 2. The highest BCUT2D eigenvalue weighted by molar-refractivity contribution is 7.92. The molecule has 0 fully saturated rings. The number of para-hydroxylation sites is 1. The molecule has 0 spiro atoms. The fourth-order valence-electron chi connectivity index (χ4n) is 3.46. The van der Waals surface area contributed by atoms with E-state index in [-0.39, 0.29) is 16.1 Å². The summed E-state index contributed by atoms with van der Waals surface area (Å²) in [7, 11) is -2.39. The molecule has 0 aliphatic carbocycles. The summed E-state index contributed by atoms with van der Waals surface area (Å²) in [4.78, 5) is 29.5. The zero-order valence-electron chi connectivity index (χ0n) is 18.8. The molecule has 0 saturated heterocycles. The number of rotatable bonds is 6. The van der Waals surface area contributed by atoms with E-state index in [0.717, 1.165) is 5.56 Å². The number of aromatic nitrogens is 3.